The van der Waals surface area contributed by atoms with Crippen molar-refractivity contribution in [2.45, 2.75) is 13.0 Å². The summed E-state index contributed by atoms with van der Waals surface area (Å²) in [5.74, 6) is 0.0301. The first-order valence-electron chi connectivity index (χ1n) is 7.64. The number of nitrogens with one attached hydrogen (secondary N) is 1. The van der Waals surface area contributed by atoms with Gasteiger partial charge in [0.05, 0.1) is 12.3 Å². The minimum absolute atomic E-state index is 0.0301. The first-order chi connectivity index (χ1) is 10.5. The SMILES string of the molecule is C=C(C)C(=O)C(CN(C)CCN(C)CCN(C)S(C)(=O)=O)NC. The van der Waals surface area contributed by atoms with Crippen LogP contribution < -0.4 is 5.32 Å². The second-order valence-electron chi connectivity index (χ2n) is 6.14. The summed E-state index contributed by atoms with van der Waals surface area (Å²) in [6, 6.07) is -0.251. The summed E-state index contributed by atoms with van der Waals surface area (Å²) in [4.78, 5) is 16.1. The van der Waals surface area contributed by atoms with Gasteiger partial charge in [-0.05, 0) is 33.6 Å². The zero-order chi connectivity index (χ0) is 18.2. The second-order valence-corrected chi connectivity index (χ2v) is 8.23. The average molecular weight is 349 g/mol. The van der Waals surface area contributed by atoms with Gasteiger partial charge in [0.25, 0.3) is 0 Å². The summed E-state index contributed by atoms with van der Waals surface area (Å²) in [5.41, 5.74) is 0.554. The van der Waals surface area contributed by atoms with E-state index in [0.29, 0.717) is 25.2 Å². The van der Waals surface area contributed by atoms with Crippen LogP contribution >= 0.6 is 0 Å². The van der Waals surface area contributed by atoms with Gasteiger partial charge in [-0.1, -0.05) is 6.58 Å². The molecule has 0 saturated carbocycles. The number of ketones is 1. The van der Waals surface area contributed by atoms with Crippen molar-refractivity contribution in [2.75, 3.05) is 67.2 Å². The number of hydrogen-bond acceptors (Lipinski definition) is 6. The van der Waals surface area contributed by atoms with E-state index < -0.39 is 10.0 Å². The zero-order valence-electron chi connectivity index (χ0n) is 15.3. The fraction of sp³-hybridized carbons (Fsp3) is 0.800. The Morgan fingerprint density at radius 2 is 1.57 bits per heavy atom. The van der Waals surface area contributed by atoms with Crippen molar-refractivity contribution >= 4 is 15.8 Å². The molecule has 8 heteroatoms. The van der Waals surface area contributed by atoms with Crippen LogP contribution in [-0.4, -0.2) is 102 Å². The lowest BCUT2D eigenvalue weighted by Gasteiger charge is -2.26. The molecule has 0 amide bonds. The number of rotatable bonds is 12. The van der Waals surface area contributed by atoms with Gasteiger partial charge in [-0.2, -0.15) is 0 Å². The van der Waals surface area contributed by atoms with Crippen LogP contribution in [0.4, 0.5) is 0 Å². The first-order valence-corrected chi connectivity index (χ1v) is 9.49. The Hall–Kier alpha value is -0.800. The summed E-state index contributed by atoms with van der Waals surface area (Å²) in [5, 5.41) is 3.02. The van der Waals surface area contributed by atoms with Crippen molar-refractivity contribution in [1.29, 1.82) is 0 Å². The molecule has 0 bridgehead atoms. The third-order valence-corrected chi connectivity index (χ3v) is 5.12. The molecule has 0 spiro atoms. The molecule has 0 radical (unpaired) electrons. The van der Waals surface area contributed by atoms with Crippen molar-refractivity contribution in [3.05, 3.63) is 12.2 Å². The van der Waals surface area contributed by atoms with Crippen molar-refractivity contribution in [1.82, 2.24) is 19.4 Å². The lowest BCUT2D eigenvalue weighted by molar-refractivity contribution is -0.117. The maximum Gasteiger partial charge on any atom is 0.210 e. The number of carbonyl (C=O) groups is 1. The predicted octanol–water partition coefficient (Wildman–Crippen LogP) is -0.525. The lowest BCUT2D eigenvalue weighted by atomic mass is 10.1. The molecule has 0 heterocycles. The molecule has 1 unspecified atom stereocenters. The number of sulfonamides is 1. The van der Waals surface area contributed by atoms with Crippen LogP contribution in [-0.2, 0) is 14.8 Å². The van der Waals surface area contributed by atoms with Crippen LogP contribution in [0, 0.1) is 0 Å². The molecule has 0 saturated heterocycles. The van der Waals surface area contributed by atoms with E-state index >= 15 is 0 Å². The maximum atomic E-state index is 12.0. The minimum atomic E-state index is -3.12. The number of Topliss-reactive ketones (excluding diaryl/α,β-unsaturated/α-hetero) is 1. The Balaban J connectivity index is 4.20. The van der Waals surface area contributed by atoms with Crippen LogP contribution in [0.5, 0.6) is 0 Å². The highest BCUT2D eigenvalue weighted by Gasteiger charge is 2.19. The summed E-state index contributed by atoms with van der Waals surface area (Å²) in [6.45, 7) is 8.75. The predicted molar refractivity (Wildman–Crippen MR) is 95.1 cm³/mol. The first kappa shape index (κ1) is 22.2. The summed E-state index contributed by atoms with van der Waals surface area (Å²) < 4.78 is 24.0. The molecule has 23 heavy (non-hydrogen) atoms. The highest BCUT2D eigenvalue weighted by atomic mass is 32.2. The van der Waals surface area contributed by atoms with Gasteiger partial charge >= 0.3 is 0 Å². The number of likely N-dealkylation sites (N-methyl/N-ethyl adjacent to an activating group) is 4. The zero-order valence-corrected chi connectivity index (χ0v) is 16.1. The van der Waals surface area contributed by atoms with Gasteiger partial charge in [-0.25, -0.2) is 12.7 Å². The van der Waals surface area contributed by atoms with Crippen LogP contribution in [0.2, 0.25) is 0 Å². The normalized spacial score (nSPS) is 13.8. The molecular weight excluding hydrogens is 316 g/mol. The highest BCUT2D eigenvalue weighted by molar-refractivity contribution is 7.88. The summed E-state index contributed by atoms with van der Waals surface area (Å²) in [7, 11) is 4.15. The van der Waals surface area contributed by atoms with E-state index in [-0.39, 0.29) is 11.8 Å². The van der Waals surface area contributed by atoms with E-state index in [9.17, 15) is 13.2 Å². The van der Waals surface area contributed by atoms with E-state index in [1.165, 1.54) is 10.6 Å². The number of nitrogens with zero attached hydrogens (tertiary/aromatic N) is 3. The van der Waals surface area contributed by atoms with Crippen LogP contribution in [0.15, 0.2) is 12.2 Å². The molecule has 0 aliphatic heterocycles. The molecule has 0 fully saturated rings. The molecule has 0 rings (SSSR count). The molecule has 0 aromatic rings. The smallest absolute Gasteiger partial charge is 0.210 e. The van der Waals surface area contributed by atoms with Crippen molar-refractivity contribution < 1.29 is 13.2 Å². The third kappa shape index (κ3) is 9.17. The van der Waals surface area contributed by atoms with Gasteiger partial charge in [0.1, 0.15) is 0 Å². The average Bonchev–Trinajstić information content (AvgIpc) is 2.46. The van der Waals surface area contributed by atoms with Crippen LogP contribution in [0.3, 0.4) is 0 Å². The molecule has 0 aliphatic rings. The van der Waals surface area contributed by atoms with Gasteiger partial charge in [0.15, 0.2) is 5.78 Å². The Labute approximate surface area is 141 Å². The van der Waals surface area contributed by atoms with E-state index in [4.69, 9.17) is 0 Å². The van der Waals surface area contributed by atoms with E-state index in [0.717, 1.165) is 13.1 Å². The largest absolute Gasteiger partial charge is 0.309 e. The minimum Gasteiger partial charge on any atom is -0.309 e. The number of hydrogen-bond donors (Lipinski definition) is 1. The van der Waals surface area contributed by atoms with Crippen molar-refractivity contribution in [3.8, 4) is 0 Å². The molecule has 7 nitrogen and oxygen atoms in total. The third-order valence-electron chi connectivity index (χ3n) is 3.81. The Morgan fingerprint density at radius 1 is 1.09 bits per heavy atom. The standard InChI is InChI=1S/C15H32N4O3S/c1-13(2)15(20)14(16-3)12-18(5)9-8-17(4)10-11-19(6)23(7,21)22/h14,16H,1,8-12H2,2-7H3. The lowest BCUT2D eigenvalue weighted by Crippen LogP contribution is -2.45. The van der Waals surface area contributed by atoms with E-state index in [1.807, 2.05) is 14.1 Å². The molecule has 1 atom stereocenters. The van der Waals surface area contributed by atoms with Crippen molar-refractivity contribution in [3.63, 3.8) is 0 Å². The molecule has 1 N–H and O–H groups in total. The van der Waals surface area contributed by atoms with Gasteiger partial charge in [-0.3, -0.25) is 4.79 Å². The van der Waals surface area contributed by atoms with Gasteiger partial charge in [-0.15, -0.1) is 0 Å². The molecular formula is C15H32N4O3S. The van der Waals surface area contributed by atoms with Crippen molar-refractivity contribution in [2.24, 2.45) is 0 Å². The molecule has 0 aromatic heterocycles. The summed E-state index contributed by atoms with van der Waals surface area (Å²) in [6.07, 6.45) is 1.21. The summed E-state index contributed by atoms with van der Waals surface area (Å²) >= 11 is 0. The monoisotopic (exact) mass is 348 g/mol. The maximum absolute atomic E-state index is 12.0. The van der Waals surface area contributed by atoms with Gasteiger partial charge < -0.3 is 15.1 Å². The Kier molecular flexibility index (Phi) is 9.79. The van der Waals surface area contributed by atoms with E-state index in [2.05, 4.69) is 21.7 Å². The quantitative estimate of drug-likeness (QED) is 0.478. The molecule has 0 aromatic carbocycles. The van der Waals surface area contributed by atoms with Gasteiger partial charge in [0.2, 0.25) is 10.0 Å². The molecule has 136 valence electrons. The highest BCUT2D eigenvalue weighted by Crippen LogP contribution is 2.00. The van der Waals surface area contributed by atoms with Crippen LogP contribution in [0.1, 0.15) is 6.92 Å². The second kappa shape index (κ2) is 10.1. The Morgan fingerprint density at radius 3 is 2.00 bits per heavy atom. The van der Waals surface area contributed by atoms with Gasteiger partial charge in [0, 0.05) is 39.8 Å². The fourth-order valence-electron chi connectivity index (χ4n) is 1.94. The van der Waals surface area contributed by atoms with Crippen LogP contribution in [0.25, 0.3) is 0 Å². The Bertz CT molecular complexity index is 493. The topological polar surface area (TPSA) is 73.0 Å². The van der Waals surface area contributed by atoms with E-state index in [1.54, 1.807) is 21.0 Å². The molecule has 0 aliphatic carbocycles. The number of carbonyl (C=O) groups excluding carboxylic acids is 1. The fourth-order valence-corrected chi connectivity index (χ4v) is 2.35.